The third kappa shape index (κ3) is 5.26. The zero-order valence-electron chi connectivity index (χ0n) is 16.8. The van der Waals surface area contributed by atoms with Crippen molar-refractivity contribution in [2.75, 3.05) is 39.3 Å². The van der Waals surface area contributed by atoms with E-state index in [1.165, 1.54) is 0 Å². The van der Waals surface area contributed by atoms with Crippen LogP contribution < -0.4 is 4.74 Å². The lowest BCUT2D eigenvalue weighted by molar-refractivity contribution is -0.134. The summed E-state index contributed by atoms with van der Waals surface area (Å²) in [5.41, 5.74) is 2.11. The summed E-state index contributed by atoms with van der Waals surface area (Å²) in [7, 11) is 0. The van der Waals surface area contributed by atoms with Crippen LogP contribution in [-0.4, -0.2) is 71.0 Å². The zero-order chi connectivity index (χ0) is 20.2. The van der Waals surface area contributed by atoms with Gasteiger partial charge in [-0.25, -0.2) is 0 Å². The van der Waals surface area contributed by atoms with Crippen LogP contribution in [0, 0.1) is 0 Å². The van der Waals surface area contributed by atoms with Gasteiger partial charge in [0.2, 0.25) is 5.91 Å². The molecular weight excluding hydrogens is 388 g/mol. The van der Waals surface area contributed by atoms with Gasteiger partial charge in [0, 0.05) is 62.6 Å². The largest absolute Gasteiger partial charge is 0.489 e. The Kier molecular flexibility index (Phi) is 6.33. The summed E-state index contributed by atoms with van der Waals surface area (Å²) in [6.07, 6.45) is 1.85. The Morgan fingerprint density at radius 2 is 2.00 bits per heavy atom. The molecule has 0 radical (unpaired) electrons. The van der Waals surface area contributed by atoms with E-state index in [4.69, 9.17) is 16.3 Å². The highest BCUT2D eigenvalue weighted by Gasteiger charge is 2.26. The molecule has 1 aromatic heterocycles. The van der Waals surface area contributed by atoms with E-state index in [0.29, 0.717) is 18.1 Å². The van der Waals surface area contributed by atoms with Crippen molar-refractivity contribution in [3.63, 3.8) is 0 Å². The molecule has 1 atom stereocenters. The lowest BCUT2D eigenvalue weighted by Gasteiger charge is -2.35. The summed E-state index contributed by atoms with van der Waals surface area (Å²) in [5, 5.41) is 0.692. The van der Waals surface area contributed by atoms with Gasteiger partial charge in [0.1, 0.15) is 11.9 Å². The van der Waals surface area contributed by atoms with E-state index in [2.05, 4.69) is 14.8 Å². The maximum Gasteiger partial charge on any atom is 0.236 e. The summed E-state index contributed by atoms with van der Waals surface area (Å²) in [5.74, 6) is 1.04. The quantitative estimate of drug-likeness (QED) is 0.769. The fraction of sp³-hybridized carbons (Fsp3) is 0.455. The lowest BCUT2D eigenvalue weighted by Crippen LogP contribution is -2.51. The number of piperazine rings is 1. The molecule has 1 amide bonds. The molecule has 2 aliphatic heterocycles. The average Bonchev–Trinajstić information content (AvgIpc) is 2.86. The van der Waals surface area contributed by atoms with E-state index in [1.54, 1.807) is 0 Å². The highest BCUT2D eigenvalue weighted by molar-refractivity contribution is 6.30. The van der Waals surface area contributed by atoms with Crippen molar-refractivity contribution in [3.8, 4) is 5.75 Å². The molecule has 0 spiro atoms. The Labute approximate surface area is 177 Å². The third-order valence-corrected chi connectivity index (χ3v) is 5.69. The summed E-state index contributed by atoms with van der Waals surface area (Å²) < 4.78 is 6.00. The van der Waals surface area contributed by atoms with Crippen LogP contribution in [0.4, 0.5) is 0 Å². The van der Waals surface area contributed by atoms with Crippen LogP contribution >= 0.6 is 11.6 Å². The van der Waals surface area contributed by atoms with Gasteiger partial charge in [-0.3, -0.25) is 19.6 Å². The summed E-state index contributed by atoms with van der Waals surface area (Å²) >= 11 is 6.15. The Morgan fingerprint density at radius 1 is 1.17 bits per heavy atom. The molecule has 3 heterocycles. The van der Waals surface area contributed by atoms with Gasteiger partial charge < -0.3 is 9.64 Å². The monoisotopic (exact) mass is 414 g/mol. The van der Waals surface area contributed by atoms with Crippen molar-refractivity contribution in [3.05, 3.63) is 58.9 Å². The first-order valence-corrected chi connectivity index (χ1v) is 10.5. The Hall–Kier alpha value is -2.15. The van der Waals surface area contributed by atoms with Crippen LogP contribution in [0.5, 0.6) is 5.75 Å². The number of ether oxygens (including phenoxy) is 1. The molecule has 6 nitrogen and oxygen atoms in total. The SMILES string of the molecule is C[C@H]1CN(CC(=O)N2CCN(Cc3ccccn3)CC2)Cc2cc(Cl)ccc2O1. The van der Waals surface area contributed by atoms with E-state index in [-0.39, 0.29) is 12.0 Å². The first-order chi connectivity index (χ1) is 14.1. The minimum Gasteiger partial charge on any atom is -0.489 e. The number of nitrogens with zero attached hydrogens (tertiary/aromatic N) is 4. The van der Waals surface area contributed by atoms with Gasteiger partial charge in [0.15, 0.2) is 0 Å². The first-order valence-electron chi connectivity index (χ1n) is 10.1. The number of carbonyl (C=O) groups is 1. The minimum absolute atomic E-state index is 0.0282. The second kappa shape index (κ2) is 9.11. The van der Waals surface area contributed by atoms with Crippen molar-refractivity contribution in [1.82, 2.24) is 19.7 Å². The van der Waals surface area contributed by atoms with E-state index < -0.39 is 0 Å². The number of pyridine rings is 1. The fourth-order valence-electron chi connectivity index (χ4n) is 4.00. The number of benzene rings is 1. The van der Waals surface area contributed by atoms with Gasteiger partial charge in [0.25, 0.3) is 0 Å². The van der Waals surface area contributed by atoms with Crippen LogP contribution in [0.25, 0.3) is 0 Å². The van der Waals surface area contributed by atoms with Gasteiger partial charge in [-0.1, -0.05) is 17.7 Å². The molecule has 4 rings (SSSR count). The maximum absolute atomic E-state index is 12.9. The number of hydrogen-bond acceptors (Lipinski definition) is 5. The molecule has 0 aliphatic carbocycles. The molecule has 0 N–H and O–H groups in total. The van der Waals surface area contributed by atoms with Crippen molar-refractivity contribution < 1.29 is 9.53 Å². The molecular formula is C22H27ClN4O2. The lowest BCUT2D eigenvalue weighted by atomic mass is 10.2. The molecule has 2 aliphatic rings. The Balaban J connectivity index is 1.31. The van der Waals surface area contributed by atoms with Crippen LogP contribution in [-0.2, 0) is 17.9 Å². The van der Waals surface area contributed by atoms with E-state index in [0.717, 1.165) is 56.3 Å². The average molecular weight is 415 g/mol. The van der Waals surface area contributed by atoms with Crippen molar-refractivity contribution in [1.29, 1.82) is 0 Å². The van der Waals surface area contributed by atoms with Gasteiger partial charge in [-0.05, 0) is 37.3 Å². The van der Waals surface area contributed by atoms with Crippen LogP contribution in [0.1, 0.15) is 18.2 Å². The molecule has 154 valence electrons. The molecule has 0 bridgehead atoms. The van der Waals surface area contributed by atoms with Crippen LogP contribution in [0.3, 0.4) is 0 Å². The van der Waals surface area contributed by atoms with E-state index in [1.807, 2.05) is 54.4 Å². The predicted octanol–water partition coefficient (Wildman–Crippen LogP) is 2.66. The highest BCUT2D eigenvalue weighted by Crippen LogP contribution is 2.28. The Morgan fingerprint density at radius 3 is 2.76 bits per heavy atom. The van der Waals surface area contributed by atoms with Crippen LogP contribution in [0.15, 0.2) is 42.6 Å². The fourth-order valence-corrected chi connectivity index (χ4v) is 4.19. The van der Waals surface area contributed by atoms with Crippen molar-refractivity contribution >= 4 is 17.5 Å². The minimum atomic E-state index is 0.0282. The summed E-state index contributed by atoms with van der Waals surface area (Å²) in [6.45, 7) is 7.94. The van der Waals surface area contributed by atoms with Gasteiger partial charge in [-0.15, -0.1) is 0 Å². The maximum atomic E-state index is 12.9. The molecule has 29 heavy (non-hydrogen) atoms. The molecule has 0 saturated carbocycles. The third-order valence-electron chi connectivity index (χ3n) is 5.46. The molecule has 1 saturated heterocycles. The number of amides is 1. The van der Waals surface area contributed by atoms with Gasteiger partial charge in [0.05, 0.1) is 12.2 Å². The number of halogens is 1. The second-order valence-electron chi connectivity index (χ2n) is 7.83. The molecule has 1 fully saturated rings. The van der Waals surface area contributed by atoms with Crippen LogP contribution in [0.2, 0.25) is 5.02 Å². The van der Waals surface area contributed by atoms with Gasteiger partial charge in [-0.2, -0.15) is 0 Å². The van der Waals surface area contributed by atoms with E-state index >= 15 is 0 Å². The van der Waals surface area contributed by atoms with Crippen molar-refractivity contribution in [2.24, 2.45) is 0 Å². The summed E-state index contributed by atoms with van der Waals surface area (Å²) in [6, 6.07) is 11.7. The number of aromatic nitrogens is 1. The summed E-state index contributed by atoms with van der Waals surface area (Å²) in [4.78, 5) is 23.8. The standard InChI is InChI=1S/C22H27ClN4O2/c1-17-13-26(14-18-12-19(23)5-6-21(18)29-17)16-22(28)27-10-8-25(9-11-27)15-20-4-2-3-7-24-20/h2-7,12,17H,8-11,13-16H2,1H3/t17-/m0/s1. The predicted molar refractivity (Wildman–Crippen MR) is 113 cm³/mol. The second-order valence-corrected chi connectivity index (χ2v) is 8.26. The smallest absolute Gasteiger partial charge is 0.236 e. The van der Waals surface area contributed by atoms with Gasteiger partial charge >= 0.3 is 0 Å². The highest BCUT2D eigenvalue weighted by atomic mass is 35.5. The number of carbonyl (C=O) groups excluding carboxylic acids is 1. The normalized spacial score (nSPS) is 20.6. The number of hydrogen-bond donors (Lipinski definition) is 0. The molecule has 7 heteroatoms. The molecule has 0 unspecified atom stereocenters. The number of fused-ring (bicyclic) bond motifs is 1. The Bertz CT molecular complexity index is 840. The zero-order valence-corrected chi connectivity index (χ0v) is 17.5. The van der Waals surface area contributed by atoms with E-state index in [9.17, 15) is 4.79 Å². The first kappa shape index (κ1) is 20.1. The number of rotatable bonds is 4. The molecule has 2 aromatic rings. The van der Waals surface area contributed by atoms with Crippen molar-refractivity contribution in [2.45, 2.75) is 26.1 Å². The molecule has 1 aromatic carbocycles. The topological polar surface area (TPSA) is 48.9 Å².